The number of phosphoric acid groups is 2. The number of phosphoric ester groups is 2. The Morgan fingerprint density at radius 3 is 0.775 bits per heavy atom. The van der Waals surface area contributed by atoms with Crippen molar-refractivity contribution in [3.05, 3.63) is 0 Å². The molecule has 0 spiro atoms. The standard InChI is InChI=1S/C61H118O17P2/c1-51(2)37-29-21-13-9-10-16-25-33-41-58(63)71-47-56(77-60(65)43-35-27-18-12-15-23-31-39-53(5)6)49-75-79(67,68)73-45-55(62)46-74-80(69,70)76-50-57(78-61(66)44-36-28-20-19-24-32-40-54(7)8)48-72-59(64)42-34-26-17-11-14-22-30-38-52(3)4/h51-57,62H,9-50H2,1-8H3,(H,67,68)(H,69,70)/t55?,56-,57-/m1/s1. The summed E-state index contributed by atoms with van der Waals surface area (Å²) >= 11 is 0. The van der Waals surface area contributed by atoms with Crippen LogP contribution in [0, 0.1) is 23.7 Å². The fourth-order valence-corrected chi connectivity index (χ4v) is 10.5. The van der Waals surface area contributed by atoms with E-state index in [-0.39, 0.29) is 25.7 Å². The maximum Gasteiger partial charge on any atom is 0.472 e. The number of esters is 4. The predicted octanol–water partition coefficient (Wildman–Crippen LogP) is 16.2. The third kappa shape index (κ3) is 55.3. The number of carbonyl (C=O) groups excluding carboxylic acids is 4. The van der Waals surface area contributed by atoms with E-state index in [1.165, 1.54) is 83.5 Å². The highest BCUT2D eigenvalue weighted by atomic mass is 31.2. The fraction of sp³-hybridized carbons (Fsp3) is 0.934. The summed E-state index contributed by atoms with van der Waals surface area (Å²) in [5.74, 6) is 0.647. The Bertz CT molecular complexity index is 1610. The zero-order valence-corrected chi connectivity index (χ0v) is 53.5. The fourth-order valence-electron chi connectivity index (χ4n) is 8.90. The second-order valence-electron chi connectivity index (χ2n) is 24.0. The van der Waals surface area contributed by atoms with Crippen molar-refractivity contribution in [3.8, 4) is 0 Å². The molecule has 0 bridgehead atoms. The van der Waals surface area contributed by atoms with E-state index in [0.29, 0.717) is 43.4 Å². The molecule has 0 aromatic rings. The molecule has 3 unspecified atom stereocenters. The smallest absolute Gasteiger partial charge is 0.462 e. The molecule has 0 amide bonds. The van der Waals surface area contributed by atoms with E-state index in [4.69, 9.17) is 37.0 Å². The molecule has 0 rings (SSSR count). The zero-order chi connectivity index (χ0) is 59.7. The minimum absolute atomic E-state index is 0.100. The second-order valence-corrected chi connectivity index (χ2v) is 26.9. The van der Waals surface area contributed by atoms with Crippen LogP contribution in [0.5, 0.6) is 0 Å². The molecule has 474 valence electrons. The van der Waals surface area contributed by atoms with Crippen LogP contribution in [-0.2, 0) is 65.4 Å². The Balaban J connectivity index is 5.24. The molecule has 0 aliphatic carbocycles. The Kier molecular flexibility index (Phi) is 50.2. The van der Waals surface area contributed by atoms with Gasteiger partial charge >= 0.3 is 39.5 Å². The van der Waals surface area contributed by atoms with E-state index in [0.717, 1.165) is 102 Å². The van der Waals surface area contributed by atoms with E-state index < -0.39 is 97.5 Å². The van der Waals surface area contributed by atoms with Crippen molar-refractivity contribution in [2.75, 3.05) is 39.6 Å². The first kappa shape index (κ1) is 78.1. The molecule has 0 aliphatic rings. The molecule has 0 saturated carbocycles. The first-order valence-corrected chi connectivity index (χ1v) is 34.7. The van der Waals surface area contributed by atoms with E-state index in [9.17, 15) is 43.2 Å². The zero-order valence-electron chi connectivity index (χ0n) is 51.7. The molecule has 3 N–H and O–H groups in total. The molecule has 5 atom stereocenters. The normalized spacial score (nSPS) is 14.5. The van der Waals surface area contributed by atoms with Crippen LogP contribution in [0.1, 0.15) is 287 Å². The summed E-state index contributed by atoms with van der Waals surface area (Å²) in [6.07, 6.45) is 29.8. The van der Waals surface area contributed by atoms with Crippen LogP contribution in [0.2, 0.25) is 0 Å². The lowest BCUT2D eigenvalue weighted by Crippen LogP contribution is -2.30. The van der Waals surface area contributed by atoms with Gasteiger partial charge in [0.05, 0.1) is 26.4 Å². The summed E-state index contributed by atoms with van der Waals surface area (Å²) in [5, 5.41) is 10.5. The number of unbranched alkanes of at least 4 members (excludes halogenated alkanes) is 24. The van der Waals surface area contributed by atoms with Crippen molar-refractivity contribution in [2.45, 2.75) is 305 Å². The maximum absolute atomic E-state index is 12.9. The lowest BCUT2D eigenvalue weighted by atomic mass is 10.0. The summed E-state index contributed by atoms with van der Waals surface area (Å²) in [4.78, 5) is 72.0. The number of carbonyl (C=O) groups is 4. The maximum atomic E-state index is 12.9. The minimum Gasteiger partial charge on any atom is -0.462 e. The summed E-state index contributed by atoms with van der Waals surface area (Å²) < 4.78 is 67.8. The number of hydrogen-bond donors (Lipinski definition) is 3. The lowest BCUT2D eigenvalue weighted by molar-refractivity contribution is -0.161. The Hall–Kier alpha value is -1.94. The van der Waals surface area contributed by atoms with Gasteiger partial charge in [-0.2, -0.15) is 0 Å². The first-order chi connectivity index (χ1) is 38.1. The Morgan fingerprint density at radius 2 is 0.525 bits per heavy atom. The molecule has 0 radical (unpaired) electrons. The molecule has 80 heavy (non-hydrogen) atoms. The second kappa shape index (κ2) is 51.5. The van der Waals surface area contributed by atoms with E-state index in [1.807, 2.05) is 0 Å². The summed E-state index contributed by atoms with van der Waals surface area (Å²) in [6, 6.07) is 0. The van der Waals surface area contributed by atoms with Gasteiger partial charge in [0.2, 0.25) is 0 Å². The van der Waals surface area contributed by atoms with Crippen molar-refractivity contribution < 1.29 is 80.2 Å². The largest absolute Gasteiger partial charge is 0.472 e. The molecular weight excluding hydrogens is 1070 g/mol. The molecule has 0 saturated heterocycles. The monoisotopic (exact) mass is 1180 g/mol. The highest BCUT2D eigenvalue weighted by Crippen LogP contribution is 2.45. The number of hydrogen-bond acceptors (Lipinski definition) is 15. The average Bonchev–Trinajstić information content (AvgIpc) is 3.38. The minimum atomic E-state index is -4.94. The van der Waals surface area contributed by atoms with Gasteiger partial charge in [0.1, 0.15) is 19.3 Å². The van der Waals surface area contributed by atoms with Gasteiger partial charge < -0.3 is 33.8 Å². The van der Waals surface area contributed by atoms with Crippen molar-refractivity contribution >= 4 is 39.5 Å². The van der Waals surface area contributed by atoms with Gasteiger partial charge in [-0.25, -0.2) is 9.13 Å². The lowest BCUT2D eigenvalue weighted by Gasteiger charge is -2.21. The number of aliphatic hydroxyl groups excluding tert-OH is 1. The third-order valence-electron chi connectivity index (χ3n) is 13.8. The summed E-state index contributed by atoms with van der Waals surface area (Å²) in [6.45, 7) is 13.8. The number of rotatable bonds is 58. The van der Waals surface area contributed by atoms with Gasteiger partial charge in [-0.05, 0) is 49.4 Å². The van der Waals surface area contributed by atoms with Crippen LogP contribution in [0.15, 0.2) is 0 Å². The molecule has 0 heterocycles. The third-order valence-corrected chi connectivity index (χ3v) is 15.7. The van der Waals surface area contributed by atoms with E-state index in [2.05, 4.69) is 55.4 Å². The predicted molar refractivity (Wildman–Crippen MR) is 317 cm³/mol. The van der Waals surface area contributed by atoms with Crippen LogP contribution in [0.4, 0.5) is 0 Å². The molecule has 0 aromatic heterocycles. The number of ether oxygens (including phenoxy) is 4. The van der Waals surface area contributed by atoms with Gasteiger partial charge in [-0.1, -0.05) is 235 Å². The summed E-state index contributed by atoms with van der Waals surface area (Å²) in [7, 11) is -9.88. The van der Waals surface area contributed by atoms with Gasteiger partial charge in [-0.3, -0.25) is 37.3 Å². The van der Waals surface area contributed by atoms with E-state index in [1.54, 1.807) is 0 Å². The SMILES string of the molecule is CC(C)CCCCCCCCCCC(=O)OC[C@H](COP(=O)(O)OCC(O)COP(=O)(O)OC[C@@H](COC(=O)CCCCCCCCCC(C)C)OC(=O)CCCCCCCCC(C)C)OC(=O)CCCCCCCCCC(C)C. The molecular formula is C61H118O17P2. The van der Waals surface area contributed by atoms with E-state index >= 15 is 0 Å². The quantitative estimate of drug-likeness (QED) is 0.0222. The van der Waals surface area contributed by atoms with Gasteiger partial charge in [-0.15, -0.1) is 0 Å². The van der Waals surface area contributed by atoms with Crippen molar-refractivity contribution in [3.63, 3.8) is 0 Å². The van der Waals surface area contributed by atoms with Crippen LogP contribution in [0.3, 0.4) is 0 Å². The van der Waals surface area contributed by atoms with Gasteiger partial charge in [0, 0.05) is 25.7 Å². The highest BCUT2D eigenvalue weighted by molar-refractivity contribution is 7.47. The highest BCUT2D eigenvalue weighted by Gasteiger charge is 2.30. The van der Waals surface area contributed by atoms with Gasteiger partial charge in [0.25, 0.3) is 0 Å². The van der Waals surface area contributed by atoms with Crippen LogP contribution >= 0.6 is 15.6 Å². The summed E-state index contributed by atoms with van der Waals surface area (Å²) in [5.41, 5.74) is 0. The van der Waals surface area contributed by atoms with Crippen molar-refractivity contribution in [1.29, 1.82) is 0 Å². The molecule has 0 aliphatic heterocycles. The van der Waals surface area contributed by atoms with Crippen molar-refractivity contribution in [2.24, 2.45) is 23.7 Å². The molecule has 0 aromatic carbocycles. The average molecular weight is 1190 g/mol. The molecule has 0 fully saturated rings. The van der Waals surface area contributed by atoms with Gasteiger partial charge in [0.15, 0.2) is 12.2 Å². The topological polar surface area (TPSA) is 237 Å². The van der Waals surface area contributed by atoms with Crippen LogP contribution in [-0.4, -0.2) is 96.7 Å². The van der Waals surface area contributed by atoms with Crippen LogP contribution in [0.25, 0.3) is 0 Å². The Morgan fingerprint density at radius 1 is 0.312 bits per heavy atom. The molecule has 19 heteroatoms. The van der Waals surface area contributed by atoms with Crippen LogP contribution < -0.4 is 0 Å². The Labute approximate surface area is 486 Å². The van der Waals surface area contributed by atoms with Crippen molar-refractivity contribution in [1.82, 2.24) is 0 Å². The molecule has 17 nitrogen and oxygen atoms in total. The first-order valence-electron chi connectivity index (χ1n) is 31.7. The number of aliphatic hydroxyl groups is 1.